The molecular weight excluding hydrogens is 309 g/mol. The average Bonchev–Trinajstić information content (AvgIpc) is 1.31. The van der Waals surface area contributed by atoms with Gasteiger partial charge in [-0.25, -0.2) is 0 Å². The Bertz CT molecular complexity index is 58.4. The molecule has 0 fully saturated rings. The fourth-order valence-electron chi connectivity index (χ4n) is 0. The van der Waals surface area contributed by atoms with Crippen LogP contribution in [-0.4, -0.2) is 3.53 Å². The normalized spacial score (nSPS) is 12.9. The monoisotopic (exact) mass is 307 g/mol. The highest BCUT2D eigenvalue weighted by molar-refractivity contribution is 9.69. The summed E-state index contributed by atoms with van der Waals surface area (Å²) in [4.78, 5) is 0. The van der Waals surface area contributed by atoms with E-state index < -0.39 is 8.86 Å². The predicted molar refractivity (Wildman–Crippen MR) is 46.5 cm³/mol. The van der Waals surface area contributed by atoms with Gasteiger partial charge in [-0.15, -0.1) is 0 Å². The van der Waals surface area contributed by atoms with Crippen LogP contribution >= 0.6 is 71.1 Å². The molecule has 44 valence electrons. The van der Waals surface area contributed by atoms with E-state index in [1.54, 1.807) is 0 Å². The summed E-state index contributed by atoms with van der Waals surface area (Å²) in [5, 5.41) is -1.13. The Morgan fingerprint density at radius 3 is 1.29 bits per heavy atom. The van der Waals surface area contributed by atoms with Crippen molar-refractivity contribution in [3.8, 4) is 0 Å². The molecule has 0 aromatic carbocycles. The predicted octanol–water partition coefficient (Wildman–Crippen LogP) is 4.15. The maximum Gasteiger partial charge on any atom is 0.317 e. The van der Waals surface area contributed by atoms with E-state index in [0.29, 0.717) is 0 Å². The molecule has 0 aliphatic heterocycles. The second-order valence-corrected chi connectivity index (χ2v) is 13.2. The second kappa shape index (κ2) is 3.43. The molecule has 6 heteroatoms. The zero-order chi connectivity index (χ0) is 6.08. The van der Waals surface area contributed by atoms with Gasteiger partial charge in [0.2, 0.25) is 0 Å². The van der Waals surface area contributed by atoms with Crippen molar-refractivity contribution >= 4 is 71.1 Å². The molecule has 0 rings (SSSR count). The quantitative estimate of drug-likeness (QED) is 0.466. The molecule has 0 amide bonds. The smallest absolute Gasteiger partial charge is 0.0386 e. The SMILES string of the molecule is ClC(Cl)(Cl)[PH+](Br)Br. The van der Waals surface area contributed by atoms with E-state index in [0.717, 1.165) is 0 Å². The molecule has 7 heavy (non-hydrogen) atoms. The molecule has 0 atom stereocenters. The van der Waals surface area contributed by atoms with Gasteiger partial charge in [0, 0.05) is 0 Å². The minimum Gasteiger partial charge on any atom is -0.0386 e. The van der Waals surface area contributed by atoms with Crippen LogP contribution in [0.25, 0.3) is 0 Å². The van der Waals surface area contributed by atoms with Gasteiger partial charge >= 0.3 is 3.53 Å². The average molecular weight is 310 g/mol. The van der Waals surface area contributed by atoms with Crippen LogP contribution in [0.3, 0.4) is 0 Å². The van der Waals surface area contributed by atoms with Crippen LogP contribution in [0, 0.1) is 0 Å². The highest BCUT2D eigenvalue weighted by atomic mass is 79.9. The van der Waals surface area contributed by atoms with E-state index in [4.69, 9.17) is 34.8 Å². The second-order valence-electron chi connectivity index (χ2n) is 0.758. The molecule has 0 aliphatic carbocycles. The molecule has 0 heterocycles. The van der Waals surface area contributed by atoms with E-state index in [9.17, 15) is 0 Å². The minimum atomic E-state index is -1.15. The van der Waals surface area contributed by atoms with Crippen LogP contribution in [0.1, 0.15) is 0 Å². The molecular formula is CHBr2Cl3P+. The summed E-state index contributed by atoms with van der Waals surface area (Å²) >= 11 is 22.3. The van der Waals surface area contributed by atoms with Gasteiger partial charge in [0.05, 0.1) is 0 Å². The van der Waals surface area contributed by atoms with Gasteiger partial charge in [0.1, 0.15) is 0 Å². The zero-order valence-corrected chi connectivity index (χ0v) is 9.33. The summed E-state index contributed by atoms with van der Waals surface area (Å²) in [6.45, 7) is 0. The topological polar surface area (TPSA) is 0 Å². The van der Waals surface area contributed by atoms with Crippen molar-refractivity contribution < 1.29 is 0 Å². The fraction of sp³-hybridized carbons (Fsp3) is 1.00. The van der Waals surface area contributed by atoms with E-state index >= 15 is 0 Å². The largest absolute Gasteiger partial charge is 0.317 e. The van der Waals surface area contributed by atoms with Crippen molar-refractivity contribution in [3.05, 3.63) is 0 Å². The number of rotatable bonds is 0. The van der Waals surface area contributed by atoms with E-state index in [2.05, 4.69) is 31.0 Å². The number of hydrogen-bond acceptors (Lipinski definition) is 0. The third kappa shape index (κ3) is 4.74. The maximum atomic E-state index is 5.35. The summed E-state index contributed by atoms with van der Waals surface area (Å²) in [5.74, 6) is 0. The minimum absolute atomic E-state index is 1.13. The van der Waals surface area contributed by atoms with Gasteiger partial charge in [-0.2, -0.15) is 0 Å². The van der Waals surface area contributed by atoms with Crippen molar-refractivity contribution in [2.24, 2.45) is 0 Å². The first kappa shape index (κ1) is 9.26. The van der Waals surface area contributed by atoms with E-state index in [1.165, 1.54) is 0 Å². The third-order valence-electron chi connectivity index (χ3n) is 0.214. The van der Waals surface area contributed by atoms with Crippen molar-refractivity contribution in [1.82, 2.24) is 0 Å². The van der Waals surface area contributed by atoms with Crippen LogP contribution in [-0.2, 0) is 0 Å². The maximum absolute atomic E-state index is 5.35. The van der Waals surface area contributed by atoms with Crippen LogP contribution in [0.2, 0.25) is 0 Å². The molecule has 0 aromatic heterocycles. The summed E-state index contributed by atoms with van der Waals surface area (Å²) in [7, 11) is 0. The van der Waals surface area contributed by atoms with Gasteiger partial charge in [-0.3, -0.25) is 0 Å². The van der Waals surface area contributed by atoms with Crippen molar-refractivity contribution in [3.63, 3.8) is 0 Å². The first-order valence-corrected chi connectivity index (χ1v) is 8.34. The molecule has 0 unspecified atom stereocenters. The lowest BCUT2D eigenvalue weighted by Crippen LogP contribution is -1.87. The van der Waals surface area contributed by atoms with Gasteiger partial charge in [-0.05, 0) is 34.8 Å². The Labute approximate surface area is 74.1 Å². The Kier molecular flexibility index (Phi) is 4.54. The summed E-state index contributed by atoms with van der Waals surface area (Å²) in [6, 6.07) is 0. The Balaban J connectivity index is 3.54. The van der Waals surface area contributed by atoms with Crippen molar-refractivity contribution in [1.29, 1.82) is 0 Å². The molecule has 0 aliphatic rings. The lowest BCUT2D eigenvalue weighted by atomic mass is 11.8. The molecule has 0 nitrogen and oxygen atoms in total. The standard InChI is InChI=1S/CBr2Cl3P/c2-7(3)1(4,5)6/p+1. The highest BCUT2D eigenvalue weighted by Crippen LogP contribution is 2.68. The highest BCUT2D eigenvalue weighted by Gasteiger charge is 2.36. The van der Waals surface area contributed by atoms with Gasteiger partial charge < -0.3 is 0 Å². The van der Waals surface area contributed by atoms with Gasteiger partial charge in [0.25, 0.3) is 0 Å². The number of alkyl halides is 3. The summed E-state index contributed by atoms with van der Waals surface area (Å²) < 4.78 is -1.15. The third-order valence-corrected chi connectivity index (χ3v) is 10.0. The first-order valence-electron chi connectivity index (χ1n) is 1.19. The molecule has 0 spiro atoms. The molecule has 0 saturated heterocycles. The summed E-state index contributed by atoms with van der Waals surface area (Å²) in [6.07, 6.45) is 0. The van der Waals surface area contributed by atoms with Crippen LogP contribution in [0.5, 0.6) is 0 Å². The molecule has 0 bridgehead atoms. The Morgan fingerprint density at radius 2 is 1.29 bits per heavy atom. The molecule has 0 aromatic rings. The van der Waals surface area contributed by atoms with Crippen molar-refractivity contribution in [2.45, 2.75) is 3.53 Å². The fourth-order valence-corrected chi connectivity index (χ4v) is 0. The molecule has 0 radical (unpaired) electrons. The summed E-state index contributed by atoms with van der Waals surface area (Å²) in [5.41, 5.74) is 0. The van der Waals surface area contributed by atoms with Crippen LogP contribution in [0.15, 0.2) is 0 Å². The van der Waals surface area contributed by atoms with Crippen LogP contribution < -0.4 is 0 Å². The van der Waals surface area contributed by atoms with Gasteiger partial charge in [-0.1, -0.05) is 0 Å². The first-order chi connectivity index (χ1) is 2.94. The zero-order valence-electron chi connectivity index (χ0n) is 2.89. The molecule has 0 N–H and O–H groups in total. The lowest BCUT2D eigenvalue weighted by molar-refractivity contribution is 1.79. The lowest BCUT2D eigenvalue weighted by Gasteiger charge is -2.00. The Hall–Kier alpha value is 2.26. The van der Waals surface area contributed by atoms with Crippen LogP contribution in [0.4, 0.5) is 0 Å². The number of hydrogen-bond donors (Lipinski definition) is 0. The van der Waals surface area contributed by atoms with Gasteiger partial charge in [0.15, 0.2) is 36.3 Å². The Morgan fingerprint density at radius 1 is 1.14 bits per heavy atom. The van der Waals surface area contributed by atoms with Crippen molar-refractivity contribution in [2.75, 3.05) is 0 Å². The molecule has 0 saturated carbocycles. The number of halogens is 5. The van der Waals surface area contributed by atoms with E-state index in [-0.39, 0.29) is 0 Å². The van der Waals surface area contributed by atoms with E-state index in [1.807, 2.05) is 0 Å².